The van der Waals surface area contributed by atoms with Crippen molar-refractivity contribution >= 4 is 32.6 Å². The molecule has 0 bridgehead atoms. The molecule has 1 amide bonds. The number of nitrogens with zero attached hydrogens (tertiary/aromatic N) is 2. The highest BCUT2D eigenvalue weighted by atomic mass is 32.1. The lowest BCUT2D eigenvalue weighted by atomic mass is 10.1. The number of amides is 1. The van der Waals surface area contributed by atoms with E-state index in [4.69, 9.17) is 4.98 Å². The number of hydrogen-bond acceptors (Lipinski definition) is 3. The summed E-state index contributed by atoms with van der Waals surface area (Å²) in [6.07, 6.45) is 4.34. The average molecular weight is 365 g/mol. The van der Waals surface area contributed by atoms with Crippen molar-refractivity contribution in [2.24, 2.45) is 5.92 Å². The number of fused-ring (bicyclic) bond motifs is 1. The number of aromatic nitrogens is 1. The number of carbonyl (C=O) groups is 1. The van der Waals surface area contributed by atoms with Gasteiger partial charge in [-0.3, -0.25) is 9.69 Å². The molecule has 4 heteroatoms. The summed E-state index contributed by atoms with van der Waals surface area (Å²) in [7, 11) is 0. The van der Waals surface area contributed by atoms with Crippen molar-refractivity contribution in [2.45, 2.75) is 46.1 Å². The van der Waals surface area contributed by atoms with E-state index < -0.39 is 0 Å². The lowest BCUT2D eigenvalue weighted by Gasteiger charge is -2.23. The standard InChI is InChI=1S/C22H24N2OS/c1-15-12-16(2)20-19(13-15)23-22(26-20)24(14-17-8-4-3-5-9-17)21(25)18-10-6-7-11-18/h3-5,8-9,12-13,18H,6-7,10-11,14H2,1-2H3. The first kappa shape index (κ1) is 17.2. The minimum atomic E-state index is 0.147. The smallest absolute Gasteiger partial charge is 0.232 e. The number of rotatable bonds is 4. The molecule has 0 aliphatic heterocycles. The SMILES string of the molecule is Cc1cc(C)c2sc(N(Cc3ccccc3)C(=O)C3CCCC3)nc2c1. The number of carbonyl (C=O) groups excluding carboxylic acids is 1. The molecule has 0 N–H and O–H groups in total. The second kappa shape index (κ2) is 7.20. The van der Waals surface area contributed by atoms with E-state index in [9.17, 15) is 4.79 Å². The molecule has 1 aliphatic rings. The van der Waals surface area contributed by atoms with Gasteiger partial charge in [0.25, 0.3) is 0 Å². The fraction of sp³-hybridized carbons (Fsp3) is 0.364. The quantitative estimate of drug-likeness (QED) is 0.600. The zero-order valence-electron chi connectivity index (χ0n) is 15.4. The van der Waals surface area contributed by atoms with Gasteiger partial charge in [0.15, 0.2) is 5.13 Å². The number of anilines is 1. The van der Waals surface area contributed by atoms with E-state index in [2.05, 4.69) is 38.1 Å². The van der Waals surface area contributed by atoms with Crippen LogP contribution in [0.2, 0.25) is 0 Å². The highest BCUT2D eigenvalue weighted by Gasteiger charge is 2.30. The van der Waals surface area contributed by atoms with E-state index >= 15 is 0 Å². The molecule has 26 heavy (non-hydrogen) atoms. The highest BCUT2D eigenvalue weighted by molar-refractivity contribution is 7.22. The van der Waals surface area contributed by atoms with Crippen molar-refractivity contribution in [1.29, 1.82) is 0 Å². The van der Waals surface area contributed by atoms with Crippen LogP contribution in [0.5, 0.6) is 0 Å². The Kier molecular flexibility index (Phi) is 4.77. The third-order valence-electron chi connectivity index (χ3n) is 5.19. The fourth-order valence-electron chi connectivity index (χ4n) is 3.88. The van der Waals surface area contributed by atoms with Crippen LogP contribution in [-0.4, -0.2) is 10.9 Å². The molecule has 0 unspecified atom stereocenters. The number of thiazole rings is 1. The van der Waals surface area contributed by atoms with Crippen LogP contribution in [0, 0.1) is 19.8 Å². The number of benzene rings is 2. The second-order valence-corrected chi connectivity index (χ2v) is 8.30. The summed E-state index contributed by atoms with van der Waals surface area (Å²) >= 11 is 1.64. The summed E-state index contributed by atoms with van der Waals surface area (Å²) in [5.41, 5.74) is 4.59. The Labute approximate surface area is 158 Å². The highest BCUT2D eigenvalue weighted by Crippen LogP contribution is 2.35. The van der Waals surface area contributed by atoms with E-state index in [1.165, 1.54) is 15.8 Å². The third kappa shape index (κ3) is 3.38. The van der Waals surface area contributed by atoms with Gasteiger partial charge in [-0.2, -0.15) is 0 Å². The Bertz CT molecular complexity index is 926. The topological polar surface area (TPSA) is 33.2 Å². The summed E-state index contributed by atoms with van der Waals surface area (Å²) in [4.78, 5) is 20.0. The van der Waals surface area contributed by atoms with Crippen LogP contribution in [0.3, 0.4) is 0 Å². The van der Waals surface area contributed by atoms with Gasteiger partial charge in [-0.15, -0.1) is 0 Å². The summed E-state index contributed by atoms with van der Waals surface area (Å²) in [5.74, 6) is 0.383. The van der Waals surface area contributed by atoms with E-state index in [1.807, 2.05) is 23.1 Å². The molecule has 1 aliphatic carbocycles. The lowest BCUT2D eigenvalue weighted by molar-refractivity contribution is -0.122. The molecule has 0 atom stereocenters. The normalized spacial score (nSPS) is 14.8. The molecule has 3 aromatic rings. The zero-order chi connectivity index (χ0) is 18.1. The molecule has 134 valence electrons. The molecule has 0 saturated heterocycles. The summed E-state index contributed by atoms with van der Waals surface area (Å²) in [6.45, 7) is 4.81. The van der Waals surface area contributed by atoms with E-state index in [0.717, 1.165) is 41.9 Å². The van der Waals surface area contributed by atoms with E-state index in [0.29, 0.717) is 6.54 Å². The molecule has 2 aromatic carbocycles. The predicted octanol–water partition coefficient (Wildman–Crippen LogP) is 5.64. The molecule has 1 saturated carbocycles. The summed E-state index contributed by atoms with van der Waals surface area (Å²) in [6, 6.07) is 14.5. The molecule has 1 fully saturated rings. The Morgan fingerprint density at radius 1 is 1.15 bits per heavy atom. The maximum absolute atomic E-state index is 13.3. The van der Waals surface area contributed by atoms with Crippen LogP contribution < -0.4 is 4.90 Å². The minimum Gasteiger partial charge on any atom is -0.283 e. The van der Waals surface area contributed by atoms with E-state index in [1.54, 1.807) is 11.3 Å². The van der Waals surface area contributed by atoms with Gasteiger partial charge < -0.3 is 0 Å². The minimum absolute atomic E-state index is 0.147. The number of hydrogen-bond donors (Lipinski definition) is 0. The first-order valence-corrected chi connectivity index (χ1v) is 10.2. The van der Waals surface area contributed by atoms with Crippen LogP contribution in [0.1, 0.15) is 42.4 Å². The fourth-order valence-corrected chi connectivity index (χ4v) is 4.90. The van der Waals surface area contributed by atoms with Crippen molar-refractivity contribution in [3.8, 4) is 0 Å². The summed E-state index contributed by atoms with van der Waals surface area (Å²) < 4.78 is 1.18. The monoisotopic (exact) mass is 364 g/mol. The van der Waals surface area contributed by atoms with Crippen LogP contribution in [-0.2, 0) is 11.3 Å². The molecule has 4 rings (SSSR count). The van der Waals surface area contributed by atoms with Crippen LogP contribution >= 0.6 is 11.3 Å². The number of aryl methyl sites for hydroxylation is 2. The van der Waals surface area contributed by atoms with Gasteiger partial charge in [0.2, 0.25) is 5.91 Å². The van der Waals surface area contributed by atoms with Crippen molar-refractivity contribution in [2.75, 3.05) is 4.90 Å². The van der Waals surface area contributed by atoms with Gasteiger partial charge in [0.1, 0.15) is 0 Å². The Morgan fingerprint density at radius 2 is 1.88 bits per heavy atom. The second-order valence-electron chi connectivity index (χ2n) is 7.32. The molecular formula is C22H24N2OS. The predicted molar refractivity (Wildman–Crippen MR) is 109 cm³/mol. The van der Waals surface area contributed by atoms with Gasteiger partial charge in [0.05, 0.1) is 16.8 Å². The lowest BCUT2D eigenvalue weighted by Crippen LogP contribution is -2.34. The van der Waals surface area contributed by atoms with Gasteiger partial charge in [0, 0.05) is 5.92 Å². The third-order valence-corrected chi connectivity index (χ3v) is 6.42. The average Bonchev–Trinajstić information content (AvgIpc) is 3.29. The molecule has 1 aromatic heterocycles. The zero-order valence-corrected chi connectivity index (χ0v) is 16.2. The van der Waals surface area contributed by atoms with Gasteiger partial charge >= 0.3 is 0 Å². The first-order valence-electron chi connectivity index (χ1n) is 9.35. The van der Waals surface area contributed by atoms with Crippen molar-refractivity contribution in [1.82, 2.24) is 4.98 Å². The van der Waals surface area contributed by atoms with Crippen LogP contribution in [0.15, 0.2) is 42.5 Å². The van der Waals surface area contributed by atoms with Crippen LogP contribution in [0.4, 0.5) is 5.13 Å². The molecule has 0 radical (unpaired) electrons. The van der Waals surface area contributed by atoms with Gasteiger partial charge in [-0.05, 0) is 49.4 Å². The maximum Gasteiger partial charge on any atom is 0.232 e. The largest absolute Gasteiger partial charge is 0.283 e. The summed E-state index contributed by atoms with van der Waals surface area (Å²) in [5, 5.41) is 0.828. The van der Waals surface area contributed by atoms with Crippen molar-refractivity contribution in [3.63, 3.8) is 0 Å². The molecule has 1 heterocycles. The Balaban J connectivity index is 1.74. The van der Waals surface area contributed by atoms with E-state index in [-0.39, 0.29) is 11.8 Å². The molecular weight excluding hydrogens is 340 g/mol. The Morgan fingerprint density at radius 3 is 2.62 bits per heavy atom. The van der Waals surface area contributed by atoms with Crippen molar-refractivity contribution < 1.29 is 4.79 Å². The van der Waals surface area contributed by atoms with Gasteiger partial charge in [-0.25, -0.2) is 4.98 Å². The molecule has 0 spiro atoms. The Hall–Kier alpha value is -2.20. The molecule has 3 nitrogen and oxygen atoms in total. The van der Waals surface area contributed by atoms with Gasteiger partial charge in [-0.1, -0.05) is 60.6 Å². The van der Waals surface area contributed by atoms with Crippen molar-refractivity contribution in [3.05, 3.63) is 59.2 Å². The van der Waals surface area contributed by atoms with Crippen LogP contribution in [0.25, 0.3) is 10.2 Å². The first-order chi connectivity index (χ1) is 12.6. The maximum atomic E-state index is 13.3.